The van der Waals surface area contributed by atoms with Crippen LogP contribution in [0.15, 0.2) is 0 Å². The van der Waals surface area contributed by atoms with E-state index < -0.39 is 5.54 Å². The summed E-state index contributed by atoms with van der Waals surface area (Å²) in [6.07, 6.45) is 3.23. The quantitative estimate of drug-likeness (QED) is 0.853. The number of piperazine rings is 1. The van der Waals surface area contributed by atoms with Gasteiger partial charge in [0.2, 0.25) is 5.91 Å². The summed E-state index contributed by atoms with van der Waals surface area (Å²) in [5.74, 6) is 0.154. The molecule has 1 aliphatic carbocycles. The van der Waals surface area contributed by atoms with E-state index in [1.165, 1.54) is 4.88 Å². The molecule has 110 valence electrons. The van der Waals surface area contributed by atoms with Crippen LogP contribution in [0.4, 0.5) is 5.13 Å². The molecule has 0 spiro atoms. The van der Waals surface area contributed by atoms with Crippen molar-refractivity contribution in [3.8, 4) is 0 Å². The highest BCUT2D eigenvalue weighted by atomic mass is 32.1. The lowest BCUT2D eigenvalue weighted by atomic mass is 9.98. The Balaban J connectivity index is 1.95. The second kappa shape index (κ2) is 4.70. The largest absolute Gasteiger partial charge is 0.342 e. The summed E-state index contributed by atoms with van der Waals surface area (Å²) >= 11 is 1.72. The van der Waals surface area contributed by atoms with Gasteiger partial charge in [0.15, 0.2) is 5.13 Å². The zero-order valence-electron chi connectivity index (χ0n) is 12.3. The van der Waals surface area contributed by atoms with Gasteiger partial charge in [0, 0.05) is 31.1 Å². The molecular formula is C14H22N4OS. The minimum atomic E-state index is -0.530. The normalized spacial score (nSPS) is 25.8. The lowest BCUT2D eigenvalue weighted by Gasteiger charge is -2.44. The van der Waals surface area contributed by atoms with E-state index in [4.69, 9.17) is 10.7 Å². The Labute approximate surface area is 123 Å². The SMILES string of the molecule is CN1CCN(c2nc3c(s2)CCCC3N)C(C)(C)C1=O. The van der Waals surface area contributed by atoms with Gasteiger partial charge in [-0.2, -0.15) is 0 Å². The number of carbonyl (C=O) groups is 1. The topological polar surface area (TPSA) is 62.5 Å². The maximum Gasteiger partial charge on any atom is 0.247 e. The average Bonchev–Trinajstić information content (AvgIpc) is 2.81. The molecule has 2 heterocycles. The van der Waals surface area contributed by atoms with Crippen molar-refractivity contribution in [2.45, 2.75) is 44.7 Å². The van der Waals surface area contributed by atoms with E-state index in [0.29, 0.717) is 0 Å². The molecule has 1 atom stereocenters. The number of nitrogens with zero attached hydrogens (tertiary/aromatic N) is 3. The van der Waals surface area contributed by atoms with E-state index in [1.807, 2.05) is 20.9 Å². The molecule has 1 fully saturated rings. The van der Waals surface area contributed by atoms with Crippen molar-refractivity contribution in [2.75, 3.05) is 25.0 Å². The van der Waals surface area contributed by atoms with Crippen LogP contribution in [-0.4, -0.2) is 41.5 Å². The van der Waals surface area contributed by atoms with Crippen LogP contribution in [0, 0.1) is 0 Å². The summed E-state index contributed by atoms with van der Waals surface area (Å²) in [7, 11) is 1.87. The third-order valence-corrected chi connectivity index (χ3v) is 5.58. The van der Waals surface area contributed by atoms with Crippen molar-refractivity contribution in [3.63, 3.8) is 0 Å². The fourth-order valence-electron chi connectivity index (χ4n) is 3.10. The summed E-state index contributed by atoms with van der Waals surface area (Å²) in [6.45, 7) is 5.53. The Hall–Kier alpha value is -1.14. The minimum absolute atomic E-state index is 0.0648. The van der Waals surface area contributed by atoms with Gasteiger partial charge in [0.1, 0.15) is 5.54 Å². The molecule has 0 saturated carbocycles. The Kier molecular flexibility index (Phi) is 3.25. The fraction of sp³-hybridized carbons (Fsp3) is 0.714. The molecule has 1 aromatic rings. The van der Waals surface area contributed by atoms with E-state index >= 15 is 0 Å². The maximum atomic E-state index is 12.4. The van der Waals surface area contributed by atoms with Gasteiger partial charge in [-0.15, -0.1) is 11.3 Å². The molecule has 2 N–H and O–H groups in total. The van der Waals surface area contributed by atoms with Crippen molar-refractivity contribution in [1.29, 1.82) is 0 Å². The summed E-state index contributed by atoms with van der Waals surface area (Å²) in [5, 5.41) is 0.957. The number of aryl methyl sites for hydroxylation is 1. The molecule has 3 rings (SSSR count). The van der Waals surface area contributed by atoms with Gasteiger partial charge in [-0.05, 0) is 33.1 Å². The molecule has 1 aliphatic heterocycles. The van der Waals surface area contributed by atoms with Crippen molar-refractivity contribution in [2.24, 2.45) is 5.73 Å². The number of thiazole rings is 1. The Bertz CT molecular complexity index is 539. The smallest absolute Gasteiger partial charge is 0.247 e. The molecule has 1 unspecified atom stereocenters. The van der Waals surface area contributed by atoms with Gasteiger partial charge < -0.3 is 15.5 Å². The minimum Gasteiger partial charge on any atom is -0.342 e. The van der Waals surface area contributed by atoms with E-state index in [2.05, 4.69) is 4.90 Å². The van der Waals surface area contributed by atoms with Crippen LogP contribution in [0.3, 0.4) is 0 Å². The van der Waals surface area contributed by atoms with Crippen LogP contribution < -0.4 is 10.6 Å². The van der Waals surface area contributed by atoms with Crippen LogP contribution in [0.25, 0.3) is 0 Å². The van der Waals surface area contributed by atoms with E-state index in [1.54, 1.807) is 16.2 Å². The molecule has 6 heteroatoms. The first-order chi connectivity index (χ1) is 9.41. The van der Waals surface area contributed by atoms with E-state index in [-0.39, 0.29) is 11.9 Å². The zero-order chi connectivity index (χ0) is 14.5. The molecule has 0 radical (unpaired) electrons. The number of amides is 1. The second-order valence-electron chi connectivity index (χ2n) is 6.24. The molecular weight excluding hydrogens is 272 g/mol. The molecule has 20 heavy (non-hydrogen) atoms. The first-order valence-electron chi connectivity index (χ1n) is 7.19. The van der Waals surface area contributed by atoms with Gasteiger partial charge in [-0.3, -0.25) is 4.79 Å². The number of carbonyl (C=O) groups excluding carboxylic acids is 1. The highest BCUT2D eigenvalue weighted by Crippen LogP contribution is 2.38. The lowest BCUT2D eigenvalue weighted by molar-refractivity contribution is -0.136. The van der Waals surface area contributed by atoms with Gasteiger partial charge >= 0.3 is 0 Å². The first kappa shape index (κ1) is 13.8. The van der Waals surface area contributed by atoms with Crippen LogP contribution in [0.1, 0.15) is 43.3 Å². The lowest BCUT2D eigenvalue weighted by Crippen LogP contribution is -2.62. The van der Waals surface area contributed by atoms with Crippen LogP contribution in [0.2, 0.25) is 0 Å². The zero-order valence-corrected chi connectivity index (χ0v) is 13.2. The molecule has 2 aliphatic rings. The number of hydrogen-bond acceptors (Lipinski definition) is 5. The Morgan fingerprint density at radius 3 is 2.85 bits per heavy atom. The summed E-state index contributed by atoms with van der Waals surface area (Å²) in [6, 6.07) is 0.0648. The third kappa shape index (κ3) is 2.02. The first-order valence-corrected chi connectivity index (χ1v) is 8.01. The highest BCUT2D eigenvalue weighted by molar-refractivity contribution is 7.15. The number of likely N-dealkylation sites (N-methyl/N-ethyl adjacent to an activating group) is 1. The van der Waals surface area contributed by atoms with Crippen molar-refractivity contribution in [3.05, 3.63) is 10.6 Å². The van der Waals surface area contributed by atoms with E-state index in [0.717, 1.165) is 43.2 Å². The molecule has 1 aromatic heterocycles. The number of aromatic nitrogens is 1. The number of fused-ring (bicyclic) bond motifs is 1. The third-order valence-electron chi connectivity index (χ3n) is 4.42. The predicted octanol–water partition coefficient (Wildman–Crippen LogP) is 1.54. The van der Waals surface area contributed by atoms with Crippen molar-refractivity contribution in [1.82, 2.24) is 9.88 Å². The summed E-state index contributed by atoms with van der Waals surface area (Å²) in [4.78, 5) is 22.4. The van der Waals surface area contributed by atoms with Crippen LogP contribution in [-0.2, 0) is 11.2 Å². The van der Waals surface area contributed by atoms with Crippen molar-refractivity contribution < 1.29 is 4.79 Å². The average molecular weight is 294 g/mol. The second-order valence-corrected chi connectivity index (χ2v) is 7.30. The molecule has 1 saturated heterocycles. The van der Waals surface area contributed by atoms with E-state index in [9.17, 15) is 4.79 Å². The highest BCUT2D eigenvalue weighted by Gasteiger charge is 2.42. The number of hydrogen-bond donors (Lipinski definition) is 1. The van der Waals surface area contributed by atoms with Gasteiger partial charge in [-0.1, -0.05) is 0 Å². The molecule has 1 amide bonds. The summed E-state index contributed by atoms with van der Waals surface area (Å²) in [5.41, 5.74) is 6.68. The number of rotatable bonds is 1. The summed E-state index contributed by atoms with van der Waals surface area (Å²) < 4.78 is 0. The maximum absolute atomic E-state index is 12.4. The fourth-order valence-corrected chi connectivity index (χ4v) is 4.44. The predicted molar refractivity (Wildman–Crippen MR) is 81.0 cm³/mol. The molecule has 0 aromatic carbocycles. The molecule has 5 nitrogen and oxygen atoms in total. The van der Waals surface area contributed by atoms with Crippen LogP contribution in [0.5, 0.6) is 0 Å². The number of anilines is 1. The standard InChI is InChI=1S/C14H22N4OS/c1-14(2)12(19)17(3)7-8-18(14)13-16-11-9(15)5-4-6-10(11)20-13/h9H,4-8,15H2,1-3H3. The Morgan fingerprint density at radius 2 is 2.15 bits per heavy atom. The van der Waals surface area contributed by atoms with Crippen molar-refractivity contribution >= 4 is 22.4 Å². The molecule has 0 bridgehead atoms. The van der Waals surface area contributed by atoms with Crippen LogP contribution >= 0.6 is 11.3 Å². The van der Waals surface area contributed by atoms with Gasteiger partial charge in [0.25, 0.3) is 0 Å². The Morgan fingerprint density at radius 1 is 1.40 bits per heavy atom. The van der Waals surface area contributed by atoms with Gasteiger partial charge in [0.05, 0.1) is 5.69 Å². The monoisotopic (exact) mass is 294 g/mol. The van der Waals surface area contributed by atoms with Gasteiger partial charge in [-0.25, -0.2) is 4.98 Å². The number of nitrogens with two attached hydrogens (primary N) is 1.